The van der Waals surface area contributed by atoms with Crippen molar-refractivity contribution in [2.24, 2.45) is 0 Å². The Hall–Kier alpha value is -2.01. The molecule has 2 aromatic heterocycles. The summed E-state index contributed by atoms with van der Waals surface area (Å²) in [6.07, 6.45) is 2.59. The maximum atomic E-state index is 12.6. The van der Waals surface area contributed by atoms with E-state index >= 15 is 0 Å². The molecule has 0 aliphatic rings. The molecule has 86 valence electrons. The number of amides is 1. The topological polar surface area (TPSA) is 54.9 Å². The van der Waals surface area contributed by atoms with Crippen molar-refractivity contribution >= 4 is 23.2 Å². The van der Waals surface area contributed by atoms with Crippen molar-refractivity contribution in [2.75, 3.05) is 5.32 Å². The van der Waals surface area contributed by atoms with Crippen LogP contribution in [0.5, 0.6) is 0 Å². The molecule has 0 spiro atoms. The first-order chi connectivity index (χ1) is 8.15. The Balaban J connectivity index is 2.11. The molecule has 0 unspecified atom stereocenters. The van der Waals surface area contributed by atoms with Crippen LogP contribution in [-0.4, -0.2) is 15.9 Å². The van der Waals surface area contributed by atoms with Crippen LogP contribution in [0.25, 0.3) is 0 Å². The van der Waals surface area contributed by atoms with Gasteiger partial charge in [0.05, 0.1) is 17.4 Å². The molecule has 2 heterocycles. The number of carbonyl (C=O) groups excluding carboxylic acids is 1. The van der Waals surface area contributed by atoms with Gasteiger partial charge in [0.15, 0.2) is 0 Å². The first-order valence-electron chi connectivity index (χ1n) is 4.69. The standard InChI is InChI=1S/C11H7ClFN3O/c12-9-3-2-8(6-14-9)16-11(17)7-1-4-10(13)15-5-7/h1-6H,(H,16,17). The maximum Gasteiger partial charge on any atom is 0.257 e. The first kappa shape index (κ1) is 11.5. The van der Waals surface area contributed by atoms with Crippen LogP contribution in [-0.2, 0) is 0 Å². The van der Waals surface area contributed by atoms with E-state index in [9.17, 15) is 9.18 Å². The highest BCUT2D eigenvalue weighted by Crippen LogP contribution is 2.11. The van der Waals surface area contributed by atoms with Crippen LogP contribution in [0.3, 0.4) is 0 Å². The second-order valence-corrected chi connectivity index (χ2v) is 3.58. The van der Waals surface area contributed by atoms with Crippen molar-refractivity contribution in [2.45, 2.75) is 0 Å². The van der Waals surface area contributed by atoms with Gasteiger partial charge in [-0.25, -0.2) is 9.97 Å². The second-order valence-electron chi connectivity index (χ2n) is 3.19. The van der Waals surface area contributed by atoms with Gasteiger partial charge in [-0.1, -0.05) is 11.6 Å². The average Bonchev–Trinajstić information content (AvgIpc) is 2.33. The number of rotatable bonds is 2. The van der Waals surface area contributed by atoms with Gasteiger partial charge >= 0.3 is 0 Å². The summed E-state index contributed by atoms with van der Waals surface area (Å²) in [5.41, 5.74) is 0.769. The third kappa shape index (κ3) is 2.98. The van der Waals surface area contributed by atoms with Crippen LogP contribution >= 0.6 is 11.6 Å². The highest BCUT2D eigenvalue weighted by atomic mass is 35.5. The Morgan fingerprint density at radius 2 is 2.00 bits per heavy atom. The van der Waals surface area contributed by atoms with Crippen LogP contribution in [0.2, 0.25) is 5.15 Å². The van der Waals surface area contributed by atoms with E-state index in [-0.39, 0.29) is 11.5 Å². The van der Waals surface area contributed by atoms with E-state index in [0.29, 0.717) is 10.8 Å². The maximum absolute atomic E-state index is 12.6. The van der Waals surface area contributed by atoms with Crippen molar-refractivity contribution in [1.82, 2.24) is 9.97 Å². The summed E-state index contributed by atoms with van der Waals surface area (Å²) >= 11 is 5.61. The van der Waals surface area contributed by atoms with Crippen molar-refractivity contribution in [3.05, 3.63) is 53.3 Å². The zero-order valence-corrected chi connectivity index (χ0v) is 9.28. The van der Waals surface area contributed by atoms with E-state index in [1.807, 2.05) is 0 Å². The van der Waals surface area contributed by atoms with Crippen LogP contribution in [0.4, 0.5) is 10.1 Å². The number of pyridine rings is 2. The van der Waals surface area contributed by atoms with E-state index in [1.165, 1.54) is 12.3 Å². The molecule has 0 fully saturated rings. The Morgan fingerprint density at radius 1 is 1.18 bits per heavy atom. The first-order valence-corrected chi connectivity index (χ1v) is 5.07. The van der Waals surface area contributed by atoms with E-state index in [4.69, 9.17) is 11.6 Å². The minimum atomic E-state index is -0.630. The van der Waals surface area contributed by atoms with Crippen molar-refractivity contribution in [1.29, 1.82) is 0 Å². The number of halogens is 2. The zero-order chi connectivity index (χ0) is 12.3. The van der Waals surface area contributed by atoms with E-state index in [0.717, 1.165) is 12.3 Å². The molecule has 0 saturated heterocycles. The fraction of sp³-hybridized carbons (Fsp3) is 0. The molecule has 17 heavy (non-hydrogen) atoms. The van der Waals surface area contributed by atoms with Gasteiger partial charge in [-0.2, -0.15) is 4.39 Å². The van der Waals surface area contributed by atoms with Gasteiger partial charge in [0.1, 0.15) is 5.15 Å². The number of anilines is 1. The van der Waals surface area contributed by atoms with Gasteiger partial charge in [-0.15, -0.1) is 0 Å². The van der Waals surface area contributed by atoms with Gasteiger partial charge in [0.25, 0.3) is 5.91 Å². The summed E-state index contributed by atoms with van der Waals surface area (Å²) in [4.78, 5) is 18.9. The SMILES string of the molecule is O=C(Nc1ccc(Cl)nc1)c1ccc(F)nc1. The summed E-state index contributed by atoms with van der Waals surface area (Å²) in [6, 6.07) is 5.64. The third-order valence-electron chi connectivity index (χ3n) is 1.97. The zero-order valence-electron chi connectivity index (χ0n) is 8.52. The molecule has 1 N–H and O–H groups in total. The van der Waals surface area contributed by atoms with E-state index < -0.39 is 5.95 Å². The molecule has 0 aliphatic heterocycles. The van der Waals surface area contributed by atoms with Crippen molar-refractivity contribution in [3.63, 3.8) is 0 Å². The summed E-state index contributed by atoms with van der Waals surface area (Å²) < 4.78 is 12.6. The predicted molar refractivity (Wildman–Crippen MR) is 61.4 cm³/mol. The lowest BCUT2D eigenvalue weighted by molar-refractivity contribution is 0.102. The Labute approximate surface area is 101 Å². The Bertz CT molecular complexity index is 527. The lowest BCUT2D eigenvalue weighted by atomic mass is 10.2. The van der Waals surface area contributed by atoms with Gasteiger partial charge in [0.2, 0.25) is 5.95 Å². The number of nitrogens with zero attached hydrogens (tertiary/aromatic N) is 2. The highest BCUT2D eigenvalue weighted by molar-refractivity contribution is 6.29. The fourth-order valence-corrected chi connectivity index (χ4v) is 1.27. The molecule has 0 aromatic carbocycles. The Morgan fingerprint density at radius 3 is 2.59 bits per heavy atom. The Kier molecular flexibility index (Phi) is 3.30. The number of nitrogens with one attached hydrogen (secondary N) is 1. The highest BCUT2D eigenvalue weighted by Gasteiger charge is 2.06. The van der Waals surface area contributed by atoms with Crippen LogP contribution in [0.15, 0.2) is 36.7 Å². The van der Waals surface area contributed by atoms with Gasteiger partial charge in [0, 0.05) is 6.20 Å². The minimum absolute atomic E-state index is 0.265. The molecule has 0 atom stereocenters. The second kappa shape index (κ2) is 4.88. The summed E-state index contributed by atoms with van der Waals surface area (Å²) in [5, 5.41) is 2.92. The molecule has 0 saturated carbocycles. The molecular formula is C11H7ClFN3O. The molecule has 6 heteroatoms. The van der Waals surface area contributed by atoms with E-state index in [1.54, 1.807) is 12.1 Å². The van der Waals surface area contributed by atoms with Crippen molar-refractivity contribution in [3.8, 4) is 0 Å². The monoisotopic (exact) mass is 251 g/mol. The quantitative estimate of drug-likeness (QED) is 0.835. The fourth-order valence-electron chi connectivity index (χ4n) is 1.16. The lowest BCUT2D eigenvalue weighted by Gasteiger charge is -2.04. The molecule has 0 bridgehead atoms. The number of aromatic nitrogens is 2. The van der Waals surface area contributed by atoms with Gasteiger partial charge < -0.3 is 5.32 Å². The summed E-state index contributed by atoms with van der Waals surface area (Å²) in [5.74, 6) is -1.02. The van der Waals surface area contributed by atoms with E-state index in [2.05, 4.69) is 15.3 Å². The van der Waals surface area contributed by atoms with Crippen LogP contribution in [0.1, 0.15) is 10.4 Å². The molecular weight excluding hydrogens is 245 g/mol. The lowest BCUT2D eigenvalue weighted by Crippen LogP contribution is -2.12. The number of carbonyl (C=O) groups is 1. The third-order valence-corrected chi connectivity index (χ3v) is 2.20. The molecule has 0 radical (unpaired) electrons. The minimum Gasteiger partial charge on any atom is -0.321 e. The number of hydrogen-bond acceptors (Lipinski definition) is 3. The van der Waals surface area contributed by atoms with Crippen LogP contribution in [0, 0.1) is 5.95 Å². The molecule has 4 nitrogen and oxygen atoms in total. The largest absolute Gasteiger partial charge is 0.321 e. The van der Waals surface area contributed by atoms with Crippen LogP contribution < -0.4 is 5.32 Å². The molecule has 2 rings (SSSR count). The molecule has 1 amide bonds. The normalized spacial score (nSPS) is 10.0. The molecule has 2 aromatic rings. The predicted octanol–water partition coefficient (Wildman–Crippen LogP) is 2.52. The summed E-state index contributed by atoms with van der Waals surface area (Å²) in [6.45, 7) is 0. The summed E-state index contributed by atoms with van der Waals surface area (Å²) in [7, 11) is 0. The van der Waals surface area contributed by atoms with Gasteiger partial charge in [-0.05, 0) is 24.3 Å². The average molecular weight is 252 g/mol. The van der Waals surface area contributed by atoms with Gasteiger partial charge in [-0.3, -0.25) is 4.79 Å². The van der Waals surface area contributed by atoms with Crippen molar-refractivity contribution < 1.29 is 9.18 Å². The molecule has 0 aliphatic carbocycles. The smallest absolute Gasteiger partial charge is 0.257 e. The number of hydrogen-bond donors (Lipinski definition) is 1.